The third kappa shape index (κ3) is 6.33. The van der Waals surface area contributed by atoms with E-state index in [0.29, 0.717) is 11.3 Å². The van der Waals surface area contributed by atoms with Gasteiger partial charge in [-0.25, -0.2) is 4.79 Å². The maximum Gasteiger partial charge on any atom is 0.319 e. The second-order valence-corrected chi connectivity index (χ2v) is 8.07. The Morgan fingerprint density at radius 2 is 1.88 bits per heavy atom. The smallest absolute Gasteiger partial charge is 0.319 e. The van der Waals surface area contributed by atoms with Gasteiger partial charge in [0.15, 0.2) is 0 Å². The van der Waals surface area contributed by atoms with Crippen molar-refractivity contribution in [1.29, 1.82) is 0 Å². The van der Waals surface area contributed by atoms with Crippen LogP contribution >= 0.6 is 0 Å². The summed E-state index contributed by atoms with van der Waals surface area (Å²) in [5, 5.41) is 18.3. The molecule has 0 spiro atoms. The summed E-state index contributed by atoms with van der Waals surface area (Å²) < 4.78 is 0. The van der Waals surface area contributed by atoms with Gasteiger partial charge < -0.3 is 21.1 Å². The molecule has 0 saturated heterocycles. The molecule has 0 aromatic heterocycles. The highest BCUT2D eigenvalue weighted by Crippen LogP contribution is 2.23. The lowest BCUT2D eigenvalue weighted by atomic mass is 9.96. The predicted molar refractivity (Wildman–Crippen MR) is 103 cm³/mol. The van der Waals surface area contributed by atoms with Gasteiger partial charge in [0.2, 0.25) is 0 Å². The van der Waals surface area contributed by atoms with Gasteiger partial charge in [-0.05, 0) is 51.8 Å². The van der Waals surface area contributed by atoms with Crippen LogP contribution in [0.15, 0.2) is 24.3 Å². The largest absolute Gasteiger partial charge is 0.396 e. The van der Waals surface area contributed by atoms with E-state index in [9.17, 15) is 14.7 Å². The van der Waals surface area contributed by atoms with Crippen LogP contribution in [0.4, 0.5) is 10.5 Å². The highest BCUT2D eigenvalue weighted by atomic mass is 16.3. The number of rotatable bonds is 4. The van der Waals surface area contributed by atoms with Gasteiger partial charge in [0, 0.05) is 35.4 Å². The second kappa shape index (κ2) is 9.03. The molecule has 1 fully saturated rings. The lowest BCUT2D eigenvalue weighted by Gasteiger charge is -2.24. The van der Waals surface area contributed by atoms with E-state index >= 15 is 0 Å². The number of carbonyl (C=O) groups is 2. The number of nitrogens with one attached hydrogen (secondary N) is 3. The van der Waals surface area contributed by atoms with Crippen LogP contribution in [0.3, 0.4) is 0 Å². The van der Waals surface area contributed by atoms with Gasteiger partial charge in [0.1, 0.15) is 0 Å². The number of hydrogen-bond acceptors (Lipinski definition) is 3. The van der Waals surface area contributed by atoms with Crippen LogP contribution in [0.25, 0.3) is 0 Å². The Labute approximate surface area is 155 Å². The SMILES string of the molecule is CC(C)(C)NC(=O)c1cccc(NC(=O)N[C@H]2CCCCC[C@H]2CO)c1. The molecule has 1 aliphatic rings. The van der Waals surface area contributed by atoms with Gasteiger partial charge in [0.25, 0.3) is 5.91 Å². The topological polar surface area (TPSA) is 90.5 Å². The maximum atomic E-state index is 12.4. The molecule has 1 saturated carbocycles. The van der Waals surface area contributed by atoms with E-state index in [1.54, 1.807) is 24.3 Å². The van der Waals surface area contributed by atoms with E-state index in [2.05, 4.69) is 16.0 Å². The predicted octanol–water partition coefficient (Wildman–Crippen LogP) is 3.28. The first-order chi connectivity index (χ1) is 12.3. The van der Waals surface area contributed by atoms with E-state index < -0.39 is 0 Å². The first-order valence-electron chi connectivity index (χ1n) is 9.39. The van der Waals surface area contributed by atoms with E-state index in [-0.39, 0.29) is 36.0 Å². The standard InChI is InChI=1S/C20H31N3O3/c1-20(2,3)23-18(25)14-9-7-10-16(12-14)21-19(26)22-17-11-6-4-5-8-15(17)13-24/h7,9-10,12,15,17,24H,4-6,8,11,13H2,1-3H3,(H,23,25)(H2,21,22,26)/t15-,17-/m0/s1. The zero-order valence-corrected chi connectivity index (χ0v) is 16.0. The van der Waals surface area contributed by atoms with Crippen molar-refractivity contribution in [2.24, 2.45) is 5.92 Å². The van der Waals surface area contributed by atoms with Gasteiger partial charge in [-0.15, -0.1) is 0 Å². The minimum Gasteiger partial charge on any atom is -0.396 e. The molecule has 26 heavy (non-hydrogen) atoms. The van der Waals surface area contributed by atoms with Crippen LogP contribution in [0.5, 0.6) is 0 Å². The maximum absolute atomic E-state index is 12.4. The first kappa shape index (κ1) is 20.2. The van der Waals surface area contributed by atoms with Crippen LogP contribution in [0.1, 0.15) is 63.2 Å². The first-order valence-corrected chi connectivity index (χ1v) is 9.39. The number of carbonyl (C=O) groups excluding carboxylic acids is 2. The van der Waals surface area contributed by atoms with Crippen molar-refractivity contribution < 1.29 is 14.7 Å². The summed E-state index contributed by atoms with van der Waals surface area (Å²) in [5.74, 6) is -0.0715. The Morgan fingerprint density at radius 3 is 2.58 bits per heavy atom. The summed E-state index contributed by atoms with van der Waals surface area (Å²) in [4.78, 5) is 24.6. The summed E-state index contributed by atoms with van der Waals surface area (Å²) in [7, 11) is 0. The molecule has 6 nitrogen and oxygen atoms in total. The average molecular weight is 361 g/mol. The van der Waals surface area contributed by atoms with Crippen molar-refractivity contribution in [3.63, 3.8) is 0 Å². The third-order valence-electron chi connectivity index (χ3n) is 4.58. The fourth-order valence-corrected chi connectivity index (χ4v) is 3.28. The summed E-state index contributed by atoms with van der Waals surface area (Å²) in [6.07, 6.45) is 5.11. The zero-order chi connectivity index (χ0) is 19.2. The van der Waals surface area contributed by atoms with Gasteiger partial charge in [0.05, 0.1) is 0 Å². The van der Waals surface area contributed by atoms with Crippen molar-refractivity contribution in [2.75, 3.05) is 11.9 Å². The number of benzene rings is 1. The molecule has 0 heterocycles. The molecule has 2 atom stereocenters. The highest BCUT2D eigenvalue weighted by Gasteiger charge is 2.24. The van der Waals surface area contributed by atoms with E-state index in [1.165, 1.54) is 0 Å². The molecule has 0 unspecified atom stereocenters. The molecule has 4 N–H and O–H groups in total. The van der Waals surface area contributed by atoms with Crippen LogP contribution in [-0.2, 0) is 0 Å². The highest BCUT2D eigenvalue weighted by molar-refractivity contribution is 5.97. The monoisotopic (exact) mass is 361 g/mol. The number of anilines is 1. The fraction of sp³-hybridized carbons (Fsp3) is 0.600. The lowest BCUT2D eigenvalue weighted by Crippen LogP contribution is -2.43. The van der Waals surface area contributed by atoms with Crippen molar-refractivity contribution in [1.82, 2.24) is 10.6 Å². The van der Waals surface area contributed by atoms with Gasteiger partial charge in [-0.3, -0.25) is 4.79 Å². The van der Waals surface area contributed by atoms with Gasteiger partial charge in [-0.1, -0.05) is 25.3 Å². The number of aliphatic hydroxyl groups is 1. The zero-order valence-electron chi connectivity index (χ0n) is 16.0. The third-order valence-corrected chi connectivity index (χ3v) is 4.58. The molecule has 6 heteroatoms. The Kier molecular flexibility index (Phi) is 7.03. The van der Waals surface area contributed by atoms with Gasteiger partial charge in [-0.2, -0.15) is 0 Å². The molecule has 0 aliphatic heterocycles. The van der Waals surface area contributed by atoms with Crippen molar-refractivity contribution in [2.45, 2.75) is 64.5 Å². The molecular formula is C20H31N3O3. The van der Waals surface area contributed by atoms with Gasteiger partial charge >= 0.3 is 6.03 Å². The Hall–Kier alpha value is -2.08. The molecule has 0 bridgehead atoms. The summed E-state index contributed by atoms with van der Waals surface area (Å²) in [6, 6.07) is 6.56. The van der Waals surface area contributed by atoms with Crippen molar-refractivity contribution in [3.05, 3.63) is 29.8 Å². The molecular weight excluding hydrogens is 330 g/mol. The Morgan fingerprint density at radius 1 is 1.15 bits per heavy atom. The summed E-state index contributed by atoms with van der Waals surface area (Å²) in [5.41, 5.74) is 0.745. The molecule has 0 radical (unpaired) electrons. The van der Waals surface area contributed by atoms with Crippen molar-refractivity contribution >= 4 is 17.6 Å². The molecule has 1 aliphatic carbocycles. The summed E-state index contributed by atoms with van der Waals surface area (Å²) in [6.45, 7) is 5.85. The quantitative estimate of drug-likeness (QED) is 0.620. The fourth-order valence-electron chi connectivity index (χ4n) is 3.28. The minimum absolute atomic E-state index is 0.0186. The van der Waals surface area contributed by atoms with Crippen LogP contribution in [-0.4, -0.2) is 35.2 Å². The molecule has 144 valence electrons. The van der Waals surface area contributed by atoms with Crippen molar-refractivity contribution in [3.8, 4) is 0 Å². The molecule has 3 amide bonds. The number of urea groups is 1. The second-order valence-electron chi connectivity index (χ2n) is 8.07. The van der Waals surface area contributed by atoms with Crippen LogP contribution < -0.4 is 16.0 Å². The van der Waals surface area contributed by atoms with Crippen LogP contribution in [0, 0.1) is 5.92 Å². The van der Waals surface area contributed by atoms with E-state index in [1.807, 2.05) is 20.8 Å². The number of hydrogen-bond donors (Lipinski definition) is 4. The minimum atomic E-state index is -0.323. The van der Waals surface area contributed by atoms with E-state index in [0.717, 1.165) is 32.1 Å². The van der Waals surface area contributed by atoms with E-state index in [4.69, 9.17) is 0 Å². The average Bonchev–Trinajstić information content (AvgIpc) is 2.78. The normalized spacial score (nSPS) is 20.8. The number of aliphatic hydroxyl groups excluding tert-OH is 1. The lowest BCUT2D eigenvalue weighted by molar-refractivity contribution is 0.0919. The Balaban J connectivity index is 1.98. The molecule has 2 rings (SSSR count). The Bertz CT molecular complexity index is 625. The van der Waals surface area contributed by atoms with Crippen LogP contribution in [0.2, 0.25) is 0 Å². The molecule has 1 aromatic rings. The molecule has 1 aromatic carbocycles. The number of amides is 3. The summed E-state index contributed by atoms with van der Waals surface area (Å²) >= 11 is 0.